The van der Waals surface area contributed by atoms with Gasteiger partial charge in [0.1, 0.15) is 0 Å². The summed E-state index contributed by atoms with van der Waals surface area (Å²) in [5.74, 6) is -0.0941. The number of benzene rings is 1. The largest absolute Gasteiger partial charge is 0.355 e. The predicted molar refractivity (Wildman–Crippen MR) is 80.9 cm³/mol. The number of rotatable bonds is 5. The van der Waals surface area contributed by atoms with E-state index < -0.39 is 0 Å². The fourth-order valence-electron chi connectivity index (χ4n) is 2.24. The highest BCUT2D eigenvalue weighted by molar-refractivity contribution is 9.10. The van der Waals surface area contributed by atoms with E-state index in [0.29, 0.717) is 6.54 Å². The molecule has 19 heavy (non-hydrogen) atoms. The second-order valence-corrected chi connectivity index (χ2v) is 6.48. The van der Waals surface area contributed by atoms with Crippen molar-refractivity contribution in [1.29, 1.82) is 0 Å². The standard InChI is InChI=1S/C15H21BrN2O/c1-10(11(2)17)14(19)18-9-15(7-8-15)12-5-3-4-6-13(12)16/h3-6,10-11H,7-9,17H2,1-2H3,(H,18,19). The van der Waals surface area contributed by atoms with Crippen LogP contribution in [0.15, 0.2) is 28.7 Å². The Bertz CT molecular complexity index is 469. The van der Waals surface area contributed by atoms with Gasteiger partial charge in [0.15, 0.2) is 0 Å². The van der Waals surface area contributed by atoms with Crippen LogP contribution in [0.2, 0.25) is 0 Å². The van der Waals surface area contributed by atoms with Crippen LogP contribution in [0.4, 0.5) is 0 Å². The normalized spacial score (nSPS) is 19.6. The lowest BCUT2D eigenvalue weighted by atomic mass is 9.95. The summed E-state index contributed by atoms with van der Waals surface area (Å²) in [4.78, 5) is 12.0. The molecule has 1 saturated carbocycles. The molecule has 2 rings (SSSR count). The van der Waals surface area contributed by atoms with Gasteiger partial charge in [-0.15, -0.1) is 0 Å². The molecule has 0 aromatic heterocycles. The predicted octanol–water partition coefficient (Wildman–Crippen LogP) is 2.58. The van der Waals surface area contributed by atoms with Crippen molar-refractivity contribution in [3.05, 3.63) is 34.3 Å². The van der Waals surface area contributed by atoms with Crippen molar-refractivity contribution in [2.45, 2.75) is 38.1 Å². The molecule has 1 aromatic rings. The summed E-state index contributed by atoms with van der Waals surface area (Å²) in [6.07, 6.45) is 2.25. The first-order valence-corrected chi connectivity index (χ1v) is 7.54. The fourth-order valence-corrected chi connectivity index (χ4v) is 2.94. The number of carbonyl (C=O) groups is 1. The van der Waals surface area contributed by atoms with E-state index >= 15 is 0 Å². The van der Waals surface area contributed by atoms with E-state index in [9.17, 15) is 4.79 Å². The smallest absolute Gasteiger partial charge is 0.224 e. The number of carbonyl (C=O) groups excluding carboxylic acids is 1. The van der Waals surface area contributed by atoms with Crippen LogP contribution in [-0.2, 0) is 10.2 Å². The quantitative estimate of drug-likeness (QED) is 0.874. The molecule has 0 spiro atoms. The number of hydrogen-bond acceptors (Lipinski definition) is 2. The number of hydrogen-bond donors (Lipinski definition) is 2. The summed E-state index contributed by atoms with van der Waals surface area (Å²) in [5, 5.41) is 3.05. The van der Waals surface area contributed by atoms with Gasteiger partial charge in [-0.25, -0.2) is 0 Å². The maximum absolute atomic E-state index is 12.0. The van der Waals surface area contributed by atoms with E-state index in [2.05, 4.69) is 33.4 Å². The summed E-state index contributed by atoms with van der Waals surface area (Å²) in [6, 6.07) is 8.14. The summed E-state index contributed by atoms with van der Waals surface area (Å²) in [5.41, 5.74) is 7.17. The first kappa shape index (κ1) is 14.5. The van der Waals surface area contributed by atoms with E-state index in [-0.39, 0.29) is 23.3 Å². The number of halogens is 1. The Morgan fingerprint density at radius 1 is 1.42 bits per heavy atom. The fraction of sp³-hybridized carbons (Fsp3) is 0.533. The topological polar surface area (TPSA) is 55.1 Å². The van der Waals surface area contributed by atoms with Crippen LogP contribution in [0.1, 0.15) is 32.3 Å². The van der Waals surface area contributed by atoms with Gasteiger partial charge in [-0.05, 0) is 31.4 Å². The van der Waals surface area contributed by atoms with Crippen molar-refractivity contribution < 1.29 is 4.79 Å². The Morgan fingerprint density at radius 2 is 2.05 bits per heavy atom. The average molecular weight is 325 g/mol. The van der Waals surface area contributed by atoms with Gasteiger partial charge < -0.3 is 11.1 Å². The first-order chi connectivity index (χ1) is 8.96. The molecule has 0 saturated heterocycles. The molecule has 0 heterocycles. The Balaban J connectivity index is 2.00. The minimum atomic E-state index is -0.144. The lowest BCUT2D eigenvalue weighted by Gasteiger charge is -2.21. The third kappa shape index (κ3) is 3.18. The summed E-state index contributed by atoms with van der Waals surface area (Å²) >= 11 is 3.60. The minimum absolute atomic E-state index is 0.0494. The van der Waals surface area contributed by atoms with Gasteiger partial charge in [0, 0.05) is 28.4 Å². The van der Waals surface area contributed by atoms with Crippen LogP contribution >= 0.6 is 15.9 Å². The molecular weight excluding hydrogens is 304 g/mol. The minimum Gasteiger partial charge on any atom is -0.355 e. The molecule has 3 nitrogen and oxygen atoms in total. The van der Waals surface area contributed by atoms with Crippen molar-refractivity contribution in [3.63, 3.8) is 0 Å². The molecule has 1 amide bonds. The zero-order valence-electron chi connectivity index (χ0n) is 11.4. The van der Waals surface area contributed by atoms with Crippen LogP contribution in [0.5, 0.6) is 0 Å². The van der Waals surface area contributed by atoms with Gasteiger partial charge in [0.05, 0.1) is 0 Å². The Hall–Kier alpha value is -0.870. The maximum Gasteiger partial charge on any atom is 0.224 e. The van der Waals surface area contributed by atoms with Gasteiger partial charge in [-0.2, -0.15) is 0 Å². The molecule has 2 unspecified atom stereocenters. The van der Waals surface area contributed by atoms with Crippen molar-refractivity contribution in [2.24, 2.45) is 11.7 Å². The SMILES string of the molecule is CC(N)C(C)C(=O)NCC1(c2ccccc2Br)CC1. The van der Waals surface area contributed by atoms with E-state index in [1.54, 1.807) is 0 Å². The molecule has 2 atom stereocenters. The van der Waals surface area contributed by atoms with Gasteiger partial charge in [0.2, 0.25) is 5.91 Å². The highest BCUT2D eigenvalue weighted by Crippen LogP contribution is 2.49. The molecule has 1 fully saturated rings. The van der Waals surface area contributed by atoms with Gasteiger partial charge in [-0.1, -0.05) is 41.1 Å². The zero-order valence-corrected chi connectivity index (χ0v) is 13.0. The molecule has 0 aliphatic heterocycles. The highest BCUT2D eigenvalue weighted by Gasteiger charge is 2.45. The molecule has 1 aliphatic carbocycles. The van der Waals surface area contributed by atoms with E-state index in [0.717, 1.165) is 17.3 Å². The Kier molecular flexibility index (Phi) is 4.31. The number of nitrogens with two attached hydrogens (primary N) is 1. The third-order valence-corrected chi connectivity index (χ3v) is 4.79. The second kappa shape index (κ2) is 5.63. The van der Waals surface area contributed by atoms with E-state index in [1.165, 1.54) is 5.56 Å². The third-order valence-electron chi connectivity index (χ3n) is 4.10. The van der Waals surface area contributed by atoms with Gasteiger partial charge in [-0.3, -0.25) is 4.79 Å². The monoisotopic (exact) mass is 324 g/mol. The molecule has 1 aliphatic rings. The average Bonchev–Trinajstić information content (AvgIpc) is 3.16. The molecule has 3 N–H and O–H groups in total. The van der Waals surface area contributed by atoms with Crippen molar-refractivity contribution in [2.75, 3.05) is 6.54 Å². The van der Waals surface area contributed by atoms with Crippen molar-refractivity contribution in [3.8, 4) is 0 Å². The van der Waals surface area contributed by atoms with Crippen molar-refractivity contribution >= 4 is 21.8 Å². The van der Waals surface area contributed by atoms with E-state index in [4.69, 9.17) is 5.73 Å². The Labute approximate surface area is 123 Å². The maximum atomic E-state index is 12.0. The molecule has 1 aromatic carbocycles. The van der Waals surface area contributed by atoms with Crippen molar-refractivity contribution in [1.82, 2.24) is 5.32 Å². The molecular formula is C15H21BrN2O. The Morgan fingerprint density at radius 3 is 2.58 bits per heavy atom. The number of nitrogens with one attached hydrogen (secondary N) is 1. The van der Waals surface area contributed by atoms with Crippen LogP contribution in [-0.4, -0.2) is 18.5 Å². The van der Waals surface area contributed by atoms with Gasteiger partial charge >= 0.3 is 0 Å². The number of amides is 1. The molecule has 0 bridgehead atoms. The summed E-state index contributed by atoms with van der Waals surface area (Å²) in [6.45, 7) is 4.44. The van der Waals surface area contributed by atoms with Gasteiger partial charge in [0.25, 0.3) is 0 Å². The molecule has 104 valence electrons. The lowest BCUT2D eigenvalue weighted by molar-refractivity contribution is -0.125. The van der Waals surface area contributed by atoms with Crippen LogP contribution in [0.25, 0.3) is 0 Å². The highest BCUT2D eigenvalue weighted by atomic mass is 79.9. The molecule has 0 radical (unpaired) electrons. The van der Waals surface area contributed by atoms with Crippen LogP contribution in [0.3, 0.4) is 0 Å². The summed E-state index contributed by atoms with van der Waals surface area (Å²) in [7, 11) is 0. The second-order valence-electron chi connectivity index (χ2n) is 5.63. The summed E-state index contributed by atoms with van der Waals surface area (Å²) < 4.78 is 1.13. The van der Waals surface area contributed by atoms with Crippen LogP contribution in [0, 0.1) is 5.92 Å². The zero-order chi connectivity index (χ0) is 14.0. The van der Waals surface area contributed by atoms with Crippen LogP contribution < -0.4 is 11.1 Å². The lowest BCUT2D eigenvalue weighted by Crippen LogP contribution is -2.41. The van der Waals surface area contributed by atoms with E-state index in [1.807, 2.05) is 26.0 Å². The first-order valence-electron chi connectivity index (χ1n) is 6.74. The molecule has 4 heteroatoms.